The summed E-state index contributed by atoms with van der Waals surface area (Å²) in [5.74, 6) is 0.978. The minimum Gasteiger partial charge on any atom is -0.370 e. The summed E-state index contributed by atoms with van der Waals surface area (Å²) in [7, 11) is 0. The van der Waals surface area contributed by atoms with E-state index in [2.05, 4.69) is 9.89 Å². The molecule has 13 heavy (non-hydrogen) atoms. The molecule has 0 aliphatic carbocycles. The molecule has 3 saturated heterocycles. The number of fused-ring (bicyclic) bond motifs is 3. The monoisotopic (exact) mass is 204 g/mol. The maximum Gasteiger partial charge on any atom is 0.186 e. The highest BCUT2D eigenvalue weighted by Gasteiger charge is 2.33. The third kappa shape index (κ3) is 2.25. The smallest absolute Gasteiger partial charge is 0.186 e. The van der Waals surface area contributed by atoms with Crippen LogP contribution in [-0.2, 0) is 0 Å². The molecular weight excluding hydrogens is 188 g/mol. The van der Waals surface area contributed by atoms with Crippen LogP contribution in [0.2, 0.25) is 0 Å². The molecule has 3 heterocycles. The molecule has 0 unspecified atom stereocenters. The Morgan fingerprint density at radius 3 is 2.23 bits per heavy atom. The van der Waals surface area contributed by atoms with E-state index >= 15 is 0 Å². The van der Waals surface area contributed by atoms with Gasteiger partial charge < -0.3 is 16.4 Å². The second kappa shape index (κ2) is 4.15. The summed E-state index contributed by atoms with van der Waals surface area (Å²) >= 11 is 0. The van der Waals surface area contributed by atoms with Gasteiger partial charge in [-0.2, -0.15) is 0 Å². The van der Waals surface area contributed by atoms with Crippen molar-refractivity contribution in [2.75, 3.05) is 19.6 Å². The van der Waals surface area contributed by atoms with Crippen LogP contribution in [0.4, 0.5) is 0 Å². The third-order valence-corrected chi connectivity index (χ3v) is 2.94. The molecule has 3 aliphatic heterocycles. The Morgan fingerprint density at radius 1 is 1.23 bits per heavy atom. The van der Waals surface area contributed by atoms with Crippen LogP contribution in [0.5, 0.6) is 0 Å². The van der Waals surface area contributed by atoms with Gasteiger partial charge in [0, 0.05) is 6.54 Å². The highest BCUT2D eigenvalue weighted by molar-refractivity contribution is 5.85. The number of piperidine rings is 3. The Kier molecular flexibility index (Phi) is 3.39. The van der Waals surface area contributed by atoms with Gasteiger partial charge in [0.1, 0.15) is 0 Å². The molecule has 3 aliphatic rings. The van der Waals surface area contributed by atoms with Crippen LogP contribution in [0.3, 0.4) is 0 Å². The fourth-order valence-electron chi connectivity index (χ4n) is 2.27. The minimum atomic E-state index is 0. The van der Waals surface area contributed by atoms with Crippen molar-refractivity contribution >= 4 is 18.4 Å². The molecule has 0 saturated carbocycles. The maximum atomic E-state index is 5.36. The zero-order valence-electron chi connectivity index (χ0n) is 7.65. The Labute approximate surface area is 84.8 Å². The van der Waals surface area contributed by atoms with Crippen LogP contribution in [-0.4, -0.2) is 36.5 Å². The first-order valence-corrected chi connectivity index (χ1v) is 4.57. The van der Waals surface area contributed by atoms with E-state index in [9.17, 15) is 0 Å². The lowest BCUT2D eigenvalue weighted by molar-refractivity contribution is 0.0905. The van der Waals surface area contributed by atoms with Crippen LogP contribution >= 0.6 is 12.4 Å². The highest BCUT2D eigenvalue weighted by Crippen LogP contribution is 2.29. The van der Waals surface area contributed by atoms with Crippen molar-refractivity contribution in [2.45, 2.75) is 18.9 Å². The first-order chi connectivity index (χ1) is 5.75. The SMILES string of the molecule is Cl.NC(N)=N[C@H]1CN2CCC1CC2. The summed E-state index contributed by atoms with van der Waals surface area (Å²) in [5, 5.41) is 0. The molecule has 4 N–H and O–H groups in total. The van der Waals surface area contributed by atoms with Crippen molar-refractivity contribution in [3.63, 3.8) is 0 Å². The van der Waals surface area contributed by atoms with Crippen LogP contribution in [0.1, 0.15) is 12.8 Å². The van der Waals surface area contributed by atoms with Crippen LogP contribution in [0.25, 0.3) is 0 Å². The molecule has 3 fully saturated rings. The summed E-state index contributed by atoms with van der Waals surface area (Å²) in [5.41, 5.74) is 10.7. The number of nitrogens with two attached hydrogens (primary N) is 2. The Bertz CT molecular complexity index is 194. The molecule has 4 nitrogen and oxygen atoms in total. The normalized spacial score (nSPS) is 36.5. The molecule has 0 radical (unpaired) electrons. The van der Waals surface area contributed by atoms with Crippen molar-refractivity contribution in [2.24, 2.45) is 22.4 Å². The lowest BCUT2D eigenvalue weighted by Gasteiger charge is -2.42. The largest absolute Gasteiger partial charge is 0.370 e. The number of guanidine groups is 1. The van der Waals surface area contributed by atoms with Gasteiger partial charge in [-0.05, 0) is 31.8 Å². The van der Waals surface area contributed by atoms with Gasteiger partial charge in [0.05, 0.1) is 6.04 Å². The van der Waals surface area contributed by atoms with E-state index in [1.807, 2.05) is 0 Å². The number of hydrogen-bond acceptors (Lipinski definition) is 2. The van der Waals surface area contributed by atoms with E-state index in [-0.39, 0.29) is 18.4 Å². The molecule has 2 bridgehead atoms. The van der Waals surface area contributed by atoms with Gasteiger partial charge in [0.25, 0.3) is 0 Å². The lowest BCUT2D eigenvalue weighted by atomic mass is 9.84. The van der Waals surface area contributed by atoms with Crippen molar-refractivity contribution in [1.82, 2.24) is 4.90 Å². The number of aliphatic imine (C=N–C) groups is 1. The molecular formula is C8H17ClN4. The van der Waals surface area contributed by atoms with Crippen LogP contribution in [0, 0.1) is 5.92 Å². The number of halogens is 1. The average molecular weight is 205 g/mol. The van der Waals surface area contributed by atoms with Gasteiger partial charge in [-0.1, -0.05) is 0 Å². The highest BCUT2D eigenvalue weighted by atomic mass is 35.5. The minimum absolute atomic E-state index is 0. The van der Waals surface area contributed by atoms with Gasteiger partial charge >= 0.3 is 0 Å². The number of nitrogens with zero attached hydrogens (tertiary/aromatic N) is 2. The van der Waals surface area contributed by atoms with E-state index in [4.69, 9.17) is 11.5 Å². The van der Waals surface area contributed by atoms with E-state index in [1.165, 1.54) is 25.9 Å². The quantitative estimate of drug-likeness (QED) is 0.458. The second-order valence-corrected chi connectivity index (χ2v) is 3.76. The first-order valence-electron chi connectivity index (χ1n) is 4.57. The molecule has 1 atom stereocenters. The Hall–Kier alpha value is -0.480. The van der Waals surface area contributed by atoms with E-state index in [1.54, 1.807) is 0 Å². The lowest BCUT2D eigenvalue weighted by Crippen LogP contribution is -2.50. The van der Waals surface area contributed by atoms with Crippen molar-refractivity contribution in [3.05, 3.63) is 0 Å². The summed E-state index contributed by atoms with van der Waals surface area (Å²) in [6.07, 6.45) is 2.53. The van der Waals surface area contributed by atoms with Gasteiger partial charge in [0.15, 0.2) is 5.96 Å². The summed E-state index contributed by atoms with van der Waals surface area (Å²) in [6, 6.07) is 0.373. The average Bonchev–Trinajstić information content (AvgIpc) is 2.05. The first kappa shape index (κ1) is 10.6. The zero-order chi connectivity index (χ0) is 8.55. The topological polar surface area (TPSA) is 67.6 Å². The van der Waals surface area contributed by atoms with E-state index in [0.29, 0.717) is 6.04 Å². The Balaban J connectivity index is 0.000000845. The summed E-state index contributed by atoms with van der Waals surface area (Å²) in [4.78, 5) is 6.69. The second-order valence-electron chi connectivity index (χ2n) is 3.76. The summed E-state index contributed by atoms with van der Waals surface area (Å²) < 4.78 is 0. The number of hydrogen-bond donors (Lipinski definition) is 2. The Morgan fingerprint density at radius 2 is 1.85 bits per heavy atom. The zero-order valence-corrected chi connectivity index (χ0v) is 8.46. The molecule has 0 spiro atoms. The standard InChI is InChI=1S/C8H16N4.ClH/c9-8(10)11-7-5-12-3-1-6(7)2-4-12;/h6-7H,1-5H2,(H4,9,10,11);1H/t7-;/m0./s1. The predicted octanol–water partition coefficient (Wildman–Crippen LogP) is -0.224. The van der Waals surface area contributed by atoms with Crippen LogP contribution < -0.4 is 11.5 Å². The van der Waals surface area contributed by atoms with Gasteiger partial charge in [-0.25, -0.2) is 4.99 Å². The van der Waals surface area contributed by atoms with Crippen molar-refractivity contribution in [3.8, 4) is 0 Å². The van der Waals surface area contributed by atoms with Crippen LogP contribution in [0.15, 0.2) is 4.99 Å². The fraction of sp³-hybridized carbons (Fsp3) is 0.875. The van der Waals surface area contributed by atoms with E-state index in [0.717, 1.165) is 12.5 Å². The fourth-order valence-corrected chi connectivity index (χ4v) is 2.27. The summed E-state index contributed by atoms with van der Waals surface area (Å²) in [6.45, 7) is 3.53. The van der Waals surface area contributed by atoms with Gasteiger partial charge in [-0.15, -0.1) is 12.4 Å². The predicted molar refractivity (Wildman–Crippen MR) is 56.0 cm³/mol. The molecule has 0 aromatic heterocycles. The van der Waals surface area contributed by atoms with Gasteiger partial charge in [-0.3, -0.25) is 0 Å². The molecule has 0 amide bonds. The number of rotatable bonds is 1. The molecule has 76 valence electrons. The van der Waals surface area contributed by atoms with E-state index < -0.39 is 0 Å². The molecule has 0 aromatic carbocycles. The van der Waals surface area contributed by atoms with Crippen molar-refractivity contribution < 1.29 is 0 Å². The third-order valence-electron chi connectivity index (χ3n) is 2.94. The van der Waals surface area contributed by atoms with Crippen molar-refractivity contribution in [1.29, 1.82) is 0 Å². The maximum absolute atomic E-state index is 5.36. The molecule has 3 rings (SSSR count). The van der Waals surface area contributed by atoms with Gasteiger partial charge in [0.2, 0.25) is 0 Å². The molecule has 5 heteroatoms. The molecule has 0 aromatic rings.